The Labute approximate surface area is 202 Å². The summed E-state index contributed by atoms with van der Waals surface area (Å²) in [5, 5.41) is 5.94. The van der Waals surface area contributed by atoms with Crippen molar-refractivity contribution < 1.29 is 19.1 Å². The van der Waals surface area contributed by atoms with Gasteiger partial charge in [0.25, 0.3) is 0 Å². The van der Waals surface area contributed by atoms with Gasteiger partial charge in [-0.2, -0.15) is 0 Å². The van der Waals surface area contributed by atoms with E-state index in [9.17, 15) is 14.4 Å². The molecule has 0 spiro atoms. The van der Waals surface area contributed by atoms with Crippen molar-refractivity contribution >= 4 is 18.0 Å². The largest absolute Gasteiger partial charge is 0.463 e. The fourth-order valence-electron chi connectivity index (χ4n) is 4.44. The first-order chi connectivity index (χ1) is 16.5. The second-order valence-corrected chi connectivity index (χ2v) is 8.47. The van der Waals surface area contributed by atoms with Crippen LogP contribution in [0.25, 0.3) is 0 Å². The maximum atomic E-state index is 13.2. The van der Waals surface area contributed by atoms with Crippen LogP contribution in [0.3, 0.4) is 0 Å². The molecule has 1 atom stereocenters. The number of hydrogen-bond acceptors (Lipinski definition) is 5. The smallest absolute Gasteiger partial charge is 0.338 e. The van der Waals surface area contributed by atoms with E-state index in [1.807, 2.05) is 49.1 Å². The SMILES string of the molecule is CCCNC(=O)N1CCCN(CC2=C(C(=O)OCC)[C@@H](c3ccccc3)NC(=O)N2CC)CC1. The predicted octanol–water partition coefficient (Wildman–Crippen LogP) is 2.72. The van der Waals surface area contributed by atoms with Gasteiger partial charge in [-0.05, 0) is 32.3 Å². The molecular weight excluding hydrogens is 434 g/mol. The van der Waals surface area contributed by atoms with Gasteiger partial charge in [0.1, 0.15) is 0 Å². The summed E-state index contributed by atoms with van der Waals surface area (Å²) in [6.07, 6.45) is 1.72. The van der Waals surface area contributed by atoms with Crippen molar-refractivity contribution in [1.82, 2.24) is 25.3 Å². The molecule has 0 radical (unpaired) electrons. The third kappa shape index (κ3) is 6.08. The Bertz CT molecular complexity index is 889. The Kier molecular flexibility index (Phi) is 9.33. The number of ether oxygens (including phenoxy) is 1. The minimum absolute atomic E-state index is 0.0356. The van der Waals surface area contributed by atoms with Gasteiger partial charge in [-0.25, -0.2) is 14.4 Å². The topological polar surface area (TPSA) is 94.2 Å². The number of nitrogens with zero attached hydrogens (tertiary/aromatic N) is 3. The van der Waals surface area contributed by atoms with Gasteiger partial charge in [0, 0.05) is 51.5 Å². The fourth-order valence-corrected chi connectivity index (χ4v) is 4.44. The van der Waals surface area contributed by atoms with Crippen LogP contribution in [-0.4, -0.2) is 85.2 Å². The van der Waals surface area contributed by atoms with Crippen molar-refractivity contribution in [2.24, 2.45) is 0 Å². The minimum Gasteiger partial charge on any atom is -0.463 e. The Hall–Kier alpha value is -3.07. The van der Waals surface area contributed by atoms with Gasteiger partial charge in [-0.3, -0.25) is 9.80 Å². The molecule has 2 heterocycles. The maximum Gasteiger partial charge on any atom is 0.338 e. The summed E-state index contributed by atoms with van der Waals surface area (Å²) >= 11 is 0. The van der Waals surface area contributed by atoms with Gasteiger partial charge >= 0.3 is 18.0 Å². The molecule has 3 rings (SSSR count). The van der Waals surface area contributed by atoms with Crippen molar-refractivity contribution in [2.45, 2.75) is 39.7 Å². The summed E-state index contributed by atoms with van der Waals surface area (Å²) in [5.41, 5.74) is 1.97. The number of rotatable bonds is 8. The lowest BCUT2D eigenvalue weighted by molar-refractivity contribution is -0.139. The molecule has 0 unspecified atom stereocenters. The molecular formula is C25H37N5O4. The van der Waals surface area contributed by atoms with Crippen molar-refractivity contribution in [3.63, 3.8) is 0 Å². The molecule has 34 heavy (non-hydrogen) atoms. The number of benzene rings is 1. The quantitative estimate of drug-likeness (QED) is 0.569. The Morgan fingerprint density at radius 3 is 2.53 bits per heavy atom. The number of esters is 1. The zero-order chi connectivity index (χ0) is 24.5. The van der Waals surface area contributed by atoms with Crippen molar-refractivity contribution in [3.8, 4) is 0 Å². The number of hydrogen-bond donors (Lipinski definition) is 2. The lowest BCUT2D eigenvalue weighted by atomic mass is 9.94. The zero-order valence-electron chi connectivity index (χ0n) is 20.5. The lowest BCUT2D eigenvalue weighted by Gasteiger charge is -2.38. The Morgan fingerprint density at radius 2 is 1.85 bits per heavy atom. The molecule has 186 valence electrons. The highest BCUT2D eigenvalue weighted by Gasteiger charge is 2.38. The zero-order valence-corrected chi connectivity index (χ0v) is 20.5. The van der Waals surface area contributed by atoms with Crippen LogP contribution < -0.4 is 10.6 Å². The molecule has 1 aromatic rings. The van der Waals surface area contributed by atoms with Crippen molar-refractivity contribution in [3.05, 3.63) is 47.2 Å². The van der Waals surface area contributed by atoms with E-state index in [4.69, 9.17) is 4.74 Å². The molecule has 2 aliphatic rings. The van der Waals surface area contributed by atoms with Crippen molar-refractivity contribution in [1.29, 1.82) is 0 Å². The number of nitrogens with one attached hydrogen (secondary N) is 2. The number of amides is 4. The highest BCUT2D eigenvalue weighted by atomic mass is 16.5. The van der Waals surface area contributed by atoms with Gasteiger partial charge in [0.2, 0.25) is 0 Å². The van der Waals surface area contributed by atoms with Gasteiger partial charge < -0.3 is 20.3 Å². The Balaban J connectivity index is 1.89. The minimum atomic E-state index is -0.575. The summed E-state index contributed by atoms with van der Waals surface area (Å²) < 4.78 is 5.44. The number of carbonyl (C=O) groups excluding carboxylic acids is 3. The maximum absolute atomic E-state index is 13.2. The lowest BCUT2D eigenvalue weighted by Crippen LogP contribution is -2.51. The third-order valence-corrected chi connectivity index (χ3v) is 6.16. The first-order valence-electron chi connectivity index (χ1n) is 12.3. The molecule has 1 fully saturated rings. The summed E-state index contributed by atoms with van der Waals surface area (Å²) in [7, 11) is 0. The van der Waals surface area contributed by atoms with Gasteiger partial charge in [0.15, 0.2) is 0 Å². The van der Waals surface area contributed by atoms with Crippen LogP contribution >= 0.6 is 0 Å². The number of carbonyl (C=O) groups is 3. The monoisotopic (exact) mass is 471 g/mol. The summed E-state index contributed by atoms with van der Waals surface area (Å²) in [5.74, 6) is -0.416. The first-order valence-corrected chi connectivity index (χ1v) is 12.3. The summed E-state index contributed by atoms with van der Waals surface area (Å²) in [6.45, 7) is 10.2. The molecule has 4 amide bonds. The highest BCUT2D eigenvalue weighted by Crippen LogP contribution is 2.32. The van der Waals surface area contributed by atoms with Gasteiger partial charge in [-0.1, -0.05) is 37.3 Å². The van der Waals surface area contributed by atoms with Crippen LogP contribution in [0.5, 0.6) is 0 Å². The van der Waals surface area contributed by atoms with Crippen LogP contribution in [0.2, 0.25) is 0 Å². The van der Waals surface area contributed by atoms with E-state index in [0.717, 1.165) is 24.9 Å². The second-order valence-electron chi connectivity index (χ2n) is 8.47. The standard InChI is InChI=1S/C25H37N5O4/c1-4-13-26-24(32)29-15-10-14-28(16-17-29)18-20-21(23(31)34-6-3)22(19-11-8-7-9-12-19)27-25(33)30(20)5-2/h7-9,11-12,22H,4-6,10,13-18H2,1-3H3,(H,26,32)(H,27,33)/t22-/m1/s1. The van der Waals surface area contributed by atoms with Crippen LogP contribution in [0.15, 0.2) is 41.6 Å². The predicted molar refractivity (Wildman–Crippen MR) is 130 cm³/mol. The normalized spacial score (nSPS) is 19.5. The molecule has 2 aliphatic heterocycles. The average molecular weight is 472 g/mol. The third-order valence-electron chi connectivity index (χ3n) is 6.16. The number of urea groups is 2. The first kappa shape index (κ1) is 25.6. The van der Waals surface area contributed by atoms with Crippen LogP contribution in [0.1, 0.15) is 45.2 Å². The molecule has 9 heteroatoms. The molecule has 0 aliphatic carbocycles. The fraction of sp³-hybridized carbons (Fsp3) is 0.560. The molecule has 9 nitrogen and oxygen atoms in total. The van der Waals surface area contributed by atoms with Gasteiger partial charge in [0.05, 0.1) is 18.2 Å². The molecule has 1 saturated heterocycles. The molecule has 0 aromatic heterocycles. The molecule has 2 N–H and O–H groups in total. The van der Waals surface area contributed by atoms with E-state index < -0.39 is 12.0 Å². The van der Waals surface area contributed by atoms with E-state index in [1.165, 1.54) is 0 Å². The van der Waals surface area contributed by atoms with Crippen molar-refractivity contribution in [2.75, 3.05) is 52.4 Å². The number of likely N-dealkylation sites (N-methyl/N-ethyl adjacent to an activating group) is 1. The van der Waals surface area contributed by atoms with E-state index in [2.05, 4.69) is 15.5 Å². The Morgan fingerprint density at radius 1 is 1.09 bits per heavy atom. The van der Waals surface area contributed by atoms with E-state index in [-0.39, 0.29) is 18.7 Å². The molecule has 0 bridgehead atoms. The van der Waals surface area contributed by atoms with E-state index in [1.54, 1.807) is 11.8 Å². The highest BCUT2D eigenvalue weighted by molar-refractivity contribution is 5.95. The summed E-state index contributed by atoms with van der Waals surface area (Å²) in [6, 6.07) is 8.66. The molecule has 0 saturated carbocycles. The van der Waals surface area contributed by atoms with E-state index >= 15 is 0 Å². The average Bonchev–Trinajstić information content (AvgIpc) is 3.08. The van der Waals surface area contributed by atoms with Crippen LogP contribution in [0, 0.1) is 0 Å². The van der Waals surface area contributed by atoms with Gasteiger partial charge in [-0.15, -0.1) is 0 Å². The van der Waals surface area contributed by atoms with Crippen LogP contribution in [-0.2, 0) is 9.53 Å². The van der Waals surface area contributed by atoms with E-state index in [0.29, 0.717) is 50.5 Å². The van der Waals surface area contributed by atoms with Crippen LogP contribution in [0.4, 0.5) is 9.59 Å². The summed E-state index contributed by atoms with van der Waals surface area (Å²) in [4.78, 5) is 44.3. The molecule has 1 aromatic carbocycles. The second kappa shape index (κ2) is 12.4.